The monoisotopic (exact) mass is 312 g/mol. The Morgan fingerprint density at radius 2 is 1.82 bits per heavy atom. The summed E-state index contributed by atoms with van der Waals surface area (Å²) in [6.45, 7) is 3.43. The van der Waals surface area contributed by atoms with Crippen molar-refractivity contribution < 1.29 is 4.79 Å². The van der Waals surface area contributed by atoms with Gasteiger partial charge in [-0.1, -0.05) is 29.7 Å². The van der Waals surface area contributed by atoms with Gasteiger partial charge in [0.25, 0.3) is 0 Å². The molecule has 2 rings (SSSR count). The highest BCUT2D eigenvalue weighted by atomic mass is 35.5. The van der Waals surface area contributed by atoms with Crippen LogP contribution >= 0.6 is 11.6 Å². The molecule has 0 saturated heterocycles. The molecule has 0 aliphatic heterocycles. The van der Waals surface area contributed by atoms with Crippen molar-refractivity contribution >= 4 is 28.9 Å². The molecule has 0 bridgehead atoms. The van der Waals surface area contributed by atoms with Crippen molar-refractivity contribution in [2.75, 3.05) is 4.90 Å². The van der Waals surface area contributed by atoms with Crippen molar-refractivity contribution in [3.63, 3.8) is 0 Å². The molecule has 2 aromatic carbocycles. The number of hydrogen-bond donors (Lipinski definition) is 1. The second kappa shape index (κ2) is 7.13. The number of nitrogens with two attached hydrogens (primary N) is 1. The first kappa shape index (κ1) is 16.1. The molecule has 22 heavy (non-hydrogen) atoms. The van der Waals surface area contributed by atoms with Gasteiger partial charge < -0.3 is 5.73 Å². The lowest BCUT2D eigenvalue weighted by atomic mass is 10.1. The van der Waals surface area contributed by atoms with Gasteiger partial charge in [-0.2, -0.15) is 0 Å². The van der Waals surface area contributed by atoms with E-state index in [0.717, 1.165) is 5.56 Å². The van der Waals surface area contributed by atoms with Crippen molar-refractivity contribution in [2.24, 2.45) is 5.73 Å². The number of amides is 1. The zero-order chi connectivity index (χ0) is 16.1. The number of nitrogens with zero attached hydrogens (tertiary/aromatic N) is 1. The topological polar surface area (TPSA) is 46.3 Å². The van der Waals surface area contributed by atoms with Crippen LogP contribution in [0.1, 0.15) is 19.4 Å². The van der Waals surface area contributed by atoms with Crippen LogP contribution in [-0.2, 0) is 4.79 Å². The Kier molecular flexibility index (Phi) is 5.21. The molecule has 1 unspecified atom stereocenters. The predicted octanol–water partition coefficient (Wildman–Crippen LogP) is 3.72. The quantitative estimate of drug-likeness (QED) is 0.878. The van der Waals surface area contributed by atoms with E-state index >= 15 is 0 Å². The summed E-state index contributed by atoms with van der Waals surface area (Å²) in [5.41, 5.74) is 8.00. The van der Waals surface area contributed by atoms with Crippen LogP contribution in [0.2, 0.25) is 5.02 Å². The highest BCUT2D eigenvalue weighted by molar-refractivity contribution is 6.30. The van der Waals surface area contributed by atoms with Crippen LogP contribution in [-0.4, -0.2) is 11.9 Å². The number of halogens is 1. The molecule has 2 aromatic rings. The molecule has 2 N–H and O–H groups in total. The van der Waals surface area contributed by atoms with E-state index in [4.69, 9.17) is 17.3 Å². The largest absolute Gasteiger partial charge is 0.320 e. The van der Waals surface area contributed by atoms with Gasteiger partial charge in [0.1, 0.15) is 0 Å². The summed E-state index contributed by atoms with van der Waals surface area (Å²) in [4.78, 5) is 14.2. The lowest BCUT2D eigenvalue weighted by Crippen LogP contribution is -2.39. The van der Waals surface area contributed by atoms with Crippen LogP contribution in [0.15, 0.2) is 48.5 Å². The maximum Gasteiger partial charge on any atom is 0.248 e. The van der Waals surface area contributed by atoms with Crippen molar-refractivity contribution in [1.29, 1.82) is 0 Å². The molecule has 3 nitrogen and oxygen atoms in total. The van der Waals surface area contributed by atoms with E-state index in [9.17, 15) is 4.79 Å². The molecule has 0 aromatic heterocycles. The van der Waals surface area contributed by atoms with Gasteiger partial charge in [0, 0.05) is 16.3 Å². The first-order valence-electron chi connectivity index (χ1n) is 6.91. The second-order valence-electron chi connectivity index (χ2n) is 4.83. The predicted molar refractivity (Wildman–Crippen MR) is 91.2 cm³/mol. The molecule has 0 fully saturated rings. The summed E-state index contributed by atoms with van der Waals surface area (Å²) in [6, 6.07) is 13.9. The number of benzene rings is 2. The van der Waals surface area contributed by atoms with Gasteiger partial charge in [-0.05, 0) is 50.2 Å². The van der Waals surface area contributed by atoms with Crippen LogP contribution in [0.4, 0.5) is 11.4 Å². The van der Waals surface area contributed by atoms with E-state index in [1.807, 2.05) is 24.3 Å². The average molecular weight is 313 g/mol. The fourth-order valence-electron chi connectivity index (χ4n) is 2.09. The highest BCUT2D eigenvalue weighted by Gasteiger charge is 2.22. The molecule has 112 valence electrons. The SMILES string of the molecule is CC#Cc1ccccc1N(C(=O)C(C)N)c1ccc(Cl)cc1. The third kappa shape index (κ3) is 3.48. The minimum Gasteiger partial charge on any atom is -0.320 e. The normalized spacial score (nSPS) is 11.3. The maximum absolute atomic E-state index is 12.6. The number of rotatable bonds is 3. The molecule has 4 heteroatoms. The third-order valence-corrected chi connectivity index (χ3v) is 3.35. The van der Waals surface area contributed by atoms with Gasteiger partial charge >= 0.3 is 0 Å². The zero-order valence-corrected chi connectivity index (χ0v) is 13.3. The number of carbonyl (C=O) groups excluding carboxylic acids is 1. The average Bonchev–Trinajstić information content (AvgIpc) is 2.51. The Labute approximate surface area is 135 Å². The third-order valence-electron chi connectivity index (χ3n) is 3.10. The van der Waals surface area contributed by atoms with Crippen molar-refractivity contribution in [1.82, 2.24) is 0 Å². The van der Waals surface area contributed by atoms with Crippen molar-refractivity contribution in [3.05, 3.63) is 59.1 Å². The maximum atomic E-state index is 12.6. The van der Waals surface area contributed by atoms with Gasteiger partial charge in [0.05, 0.1) is 11.7 Å². The fraction of sp³-hybridized carbons (Fsp3) is 0.167. The van der Waals surface area contributed by atoms with E-state index in [1.54, 1.807) is 43.0 Å². The molecule has 0 aliphatic rings. The first-order chi connectivity index (χ1) is 10.5. The highest BCUT2D eigenvalue weighted by Crippen LogP contribution is 2.30. The molecule has 0 aliphatic carbocycles. The van der Waals surface area contributed by atoms with Crippen molar-refractivity contribution in [2.45, 2.75) is 19.9 Å². The first-order valence-corrected chi connectivity index (χ1v) is 7.29. The summed E-state index contributed by atoms with van der Waals surface area (Å²) in [5, 5.41) is 0.610. The molecule has 0 heterocycles. The van der Waals surface area contributed by atoms with E-state index < -0.39 is 6.04 Å². The Morgan fingerprint density at radius 3 is 2.41 bits per heavy atom. The lowest BCUT2D eigenvalue weighted by Gasteiger charge is -2.26. The van der Waals surface area contributed by atoms with Gasteiger partial charge in [-0.15, -0.1) is 5.92 Å². The minimum absolute atomic E-state index is 0.201. The van der Waals surface area contributed by atoms with E-state index in [-0.39, 0.29) is 5.91 Å². The lowest BCUT2D eigenvalue weighted by molar-refractivity contribution is -0.118. The smallest absolute Gasteiger partial charge is 0.248 e. The summed E-state index contributed by atoms with van der Waals surface area (Å²) >= 11 is 5.94. The Balaban J connectivity index is 2.61. The number of para-hydroxylation sites is 1. The molecule has 1 amide bonds. The van der Waals surface area contributed by atoms with Gasteiger partial charge in [0.15, 0.2) is 0 Å². The summed E-state index contributed by atoms with van der Waals surface area (Å²) in [6.07, 6.45) is 0. The summed E-state index contributed by atoms with van der Waals surface area (Å²) < 4.78 is 0. The second-order valence-corrected chi connectivity index (χ2v) is 5.27. The van der Waals surface area contributed by atoms with Crippen LogP contribution < -0.4 is 10.6 Å². The Morgan fingerprint density at radius 1 is 1.18 bits per heavy atom. The van der Waals surface area contributed by atoms with E-state index in [1.165, 1.54) is 0 Å². The number of carbonyl (C=O) groups is 1. The van der Waals surface area contributed by atoms with Gasteiger partial charge in [-0.3, -0.25) is 9.69 Å². The zero-order valence-electron chi connectivity index (χ0n) is 12.5. The minimum atomic E-state index is -0.627. The van der Waals surface area contributed by atoms with Crippen LogP contribution in [0.5, 0.6) is 0 Å². The molecular weight excluding hydrogens is 296 g/mol. The van der Waals surface area contributed by atoms with E-state index in [0.29, 0.717) is 16.4 Å². The fourth-order valence-corrected chi connectivity index (χ4v) is 2.21. The Bertz CT molecular complexity index is 727. The Hall–Kier alpha value is -2.28. The molecule has 1 atom stereocenters. The number of anilines is 2. The van der Waals surface area contributed by atoms with Crippen LogP contribution in [0.25, 0.3) is 0 Å². The summed E-state index contributed by atoms with van der Waals surface area (Å²) in [7, 11) is 0. The summed E-state index contributed by atoms with van der Waals surface area (Å²) in [5.74, 6) is 5.69. The molecular formula is C18H17ClN2O. The number of hydrogen-bond acceptors (Lipinski definition) is 2. The van der Waals surface area contributed by atoms with Gasteiger partial charge in [-0.25, -0.2) is 0 Å². The molecule has 0 saturated carbocycles. The van der Waals surface area contributed by atoms with E-state index in [2.05, 4.69) is 11.8 Å². The van der Waals surface area contributed by atoms with Crippen LogP contribution in [0.3, 0.4) is 0 Å². The van der Waals surface area contributed by atoms with Crippen molar-refractivity contribution in [3.8, 4) is 11.8 Å². The van der Waals surface area contributed by atoms with Gasteiger partial charge in [0.2, 0.25) is 5.91 Å². The molecule has 0 spiro atoms. The molecule has 0 radical (unpaired) electrons. The van der Waals surface area contributed by atoms with Crippen LogP contribution in [0, 0.1) is 11.8 Å². The standard InChI is InChI=1S/C18H17ClN2O/c1-3-6-14-7-4-5-8-17(14)21(18(22)13(2)20)16-11-9-15(19)10-12-16/h4-5,7-13H,20H2,1-2H3.